The van der Waals surface area contributed by atoms with Gasteiger partial charge in [-0.05, 0) is 30.7 Å². The minimum atomic E-state index is -1.70. The van der Waals surface area contributed by atoms with Crippen molar-refractivity contribution in [2.75, 3.05) is 12.4 Å². The van der Waals surface area contributed by atoms with Crippen LogP contribution >= 0.6 is 11.6 Å². The van der Waals surface area contributed by atoms with Gasteiger partial charge in [0.05, 0.1) is 18.4 Å². The van der Waals surface area contributed by atoms with Crippen molar-refractivity contribution in [3.8, 4) is 5.75 Å². The van der Waals surface area contributed by atoms with Crippen LogP contribution in [0.1, 0.15) is 15.9 Å². The molecule has 2 aromatic rings. The van der Waals surface area contributed by atoms with Crippen molar-refractivity contribution in [1.82, 2.24) is 0 Å². The van der Waals surface area contributed by atoms with Crippen LogP contribution in [-0.4, -0.2) is 13.0 Å². The molecule has 0 aromatic heterocycles. The topological polar surface area (TPSA) is 38.3 Å². The van der Waals surface area contributed by atoms with E-state index in [1.54, 1.807) is 6.92 Å². The Bertz CT molecular complexity index is 750. The van der Waals surface area contributed by atoms with Gasteiger partial charge in [-0.25, -0.2) is 13.2 Å². The molecule has 0 aliphatic carbocycles. The highest BCUT2D eigenvalue weighted by molar-refractivity contribution is 6.31. The molecule has 2 aromatic carbocycles. The van der Waals surface area contributed by atoms with E-state index in [9.17, 15) is 18.0 Å². The lowest BCUT2D eigenvalue weighted by Gasteiger charge is -2.12. The molecular weight excluding hydrogens is 319 g/mol. The number of benzene rings is 2. The molecule has 0 fully saturated rings. The van der Waals surface area contributed by atoms with Gasteiger partial charge in [0.25, 0.3) is 5.91 Å². The third-order valence-corrected chi connectivity index (χ3v) is 3.42. The normalized spacial score (nSPS) is 10.5. The molecule has 116 valence electrons. The van der Waals surface area contributed by atoms with Gasteiger partial charge in [-0.3, -0.25) is 4.79 Å². The van der Waals surface area contributed by atoms with Gasteiger partial charge in [-0.2, -0.15) is 0 Å². The number of methoxy groups -OCH3 is 1. The third kappa shape index (κ3) is 3.01. The number of anilines is 1. The second kappa shape index (κ2) is 6.27. The SMILES string of the molecule is COc1cc(Cl)c(C)cc1NC(=O)c1ccc(F)c(F)c1F. The maximum absolute atomic E-state index is 13.6. The van der Waals surface area contributed by atoms with Gasteiger partial charge in [0, 0.05) is 11.1 Å². The van der Waals surface area contributed by atoms with Crippen LogP contribution in [0.5, 0.6) is 5.75 Å². The summed E-state index contributed by atoms with van der Waals surface area (Å²) in [5.74, 6) is -5.30. The molecule has 0 heterocycles. The van der Waals surface area contributed by atoms with Crippen molar-refractivity contribution in [1.29, 1.82) is 0 Å². The summed E-state index contributed by atoms with van der Waals surface area (Å²) < 4.78 is 44.7. The summed E-state index contributed by atoms with van der Waals surface area (Å²) in [7, 11) is 1.37. The first-order valence-electron chi connectivity index (χ1n) is 6.14. The maximum atomic E-state index is 13.6. The maximum Gasteiger partial charge on any atom is 0.258 e. The minimum absolute atomic E-state index is 0.235. The van der Waals surface area contributed by atoms with Gasteiger partial charge < -0.3 is 10.1 Å². The van der Waals surface area contributed by atoms with Crippen molar-refractivity contribution in [3.05, 3.63) is 57.9 Å². The molecular formula is C15H11ClF3NO2. The van der Waals surface area contributed by atoms with Gasteiger partial charge in [-0.15, -0.1) is 0 Å². The third-order valence-electron chi connectivity index (χ3n) is 3.01. The van der Waals surface area contributed by atoms with Crippen LogP contribution in [0.4, 0.5) is 18.9 Å². The van der Waals surface area contributed by atoms with E-state index in [1.807, 2.05) is 0 Å². The standard InChI is InChI=1S/C15H11ClF3NO2/c1-7-5-11(12(22-2)6-9(7)16)20-15(21)8-3-4-10(17)14(19)13(8)18/h3-6H,1-2H3,(H,20,21). The summed E-state index contributed by atoms with van der Waals surface area (Å²) in [5.41, 5.74) is 0.274. The minimum Gasteiger partial charge on any atom is -0.495 e. The van der Waals surface area contributed by atoms with Gasteiger partial charge in [0.2, 0.25) is 0 Å². The highest BCUT2D eigenvalue weighted by atomic mass is 35.5. The molecule has 0 saturated carbocycles. The van der Waals surface area contributed by atoms with Crippen molar-refractivity contribution >= 4 is 23.2 Å². The van der Waals surface area contributed by atoms with E-state index in [1.165, 1.54) is 19.2 Å². The summed E-state index contributed by atoms with van der Waals surface area (Å²) in [4.78, 5) is 12.0. The fourth-order valence-electron chi connectivity index (χ4n) is 1.82. The monoisotopic (exact) mass is 329 g/mol. The Hall–Kier alpha value is -2.21. The van der Waals surface area contributed by atoms with E-state index in [-0.39, 0.29) is 11.4 Å². The average Bonchev–Trinajstić information content (AvgIpc) is 2.48. The molecule has 1 N–H and O–H groups in total. The number of nitrogens with one attached hydrogen (secondary N) is 1. The smallest absolute Gasteiger partial charge is 0.258 e. The molecule has 2 rings (SSSR count). The first-order valence-corrected chi connectivity index (χ1v) is 6.52. The zero-order chi connectivity index (χ0) is 16.4. The fourth-order valence-corrected chi connectivity index (χ4v) is 1.97. The average molecular weight is 330 g/mol. The number of carbonyl (C=O) groups is 1. The summed E-state index contributed by atoms with van der Waals surface area (Å²) >= 11 is 5.94. The number of amides is 1. The Morgan fingerprint density at radius 2 is 1.86 bits per heavy atom. The van der Waals surface area contributed by atoms with Gasteiger partial charge in [0.15, 0.2) is 17.5 Å². The molecule has 0 aliphatic heterocycles. The number of hydrogen-bond donors (Lipinski definition) is 1. The predicted octanol–water partition coefficient (Wildman–Crippen LogP) is 4.33. The molecule has 7 heteroatoms. The number of halogens is 4. The van der Waals surface area contributed by atoms with Gasteiger partial charge in [-0.1, -0.05) is 11.6 Å². The molecule has 1 amide bonds. The van der Waals surface area contributed by atoms with E-state index < -0.39 is 28.9 Å². The zero-order valence-electron chi connectivity index (χ0n) is 11.6. The van der Waals surface area contributed by atoms with Crippen LogP contribution in [-0.2, 0) is 0 Å². The lowest BCUT2D eigenvalue weighted by molar-refractivity contribution is 0.102. The van der Waals surface area contributed by atoms with Crippen LogP contribution < -0.4 is 10.1 Å². The van der Waals surface area contributed by atoms with Crippen molar-refractivity contribution in [2.45, 2.75) is 6.92 Å². The van der Waals surface area contributed by atoms with Crippen LogP contribution in [0.2, 0.25) is 5.02 Å². The Kier molecular flexibility index (Phi) is 4.61. The molecule has 0 aliphatic rings. The molecule has 3 nitrogen and oxygen atoms in total. The Balaban J connectivity index is 2.38. The number of rotatable bonds is 3. The second-order valence-electron chi connectivity index (χ2n) is 4.48. The first-order chi connectivity index (χ1) is 10.3. The lowest BCUT2D eigenvalue weighted by atomic mass is 10.1. The van der Waals surface area contributed by atoms with E-state index in [0.717, 1.165) is 6.07 Å². The van der Waals surface area contributed by atoms with Crippen LogP contribution in [0.3, 0.4) is 0 Å². The summed E-state index contributed by atoms with van der Waals surface area (Å²) in [6.07, 6.45) is 0. The van der Waals surface area contributed by atoms with Crippen LogP contribution in [0.15, 0.2) is 24.3 Å². The number of hydrogen-bond acceptors (Lipinski definition) is 2. The largest absolute Gasteiger partial charge is 0.495 e. The van der Waals surface area contributed by atoms with Crippen molar-refractivity contribution < 1.29 is 22.7 Å². The quantitative estimate of drug-likeness (QED) is 0.851. The van der Waals surface area contributed by atoms with E-state index in [4.69, 9.17) is 16.3 Å². The summed E-state index contributed by atoms with van der Waals surface area (Å²) in [6.45, 7) is 1.70. The Labute approximate surface area is 129 Å². The molecule has 0 radical (unpaired) electrons. The van der Waals surface area contributed by atoms with E-state index in [0.29, 0.717) is 16.7 Å². The van der Waals surface area contributed by atoms with Gasteiger partial charge in [0.1, 0.15) is 5.75 Å². The van der Waals surface area contributed by atoms with E-state index in [2.05, 4.69) is 5.32 Å². The Morgan fingerprint density at radius 1 is 1.18 bits per heavy atom. The molecule has 0 atom stereocenters. The summed E-state index contributed by atoms with van der Waals surface area (Å²) in [5, 5.41) is 2.81. The lowest BCUT2D eigenvalue weighted by Crippen LogP contribution is -2.16. The van der Waals surface area contributed by atoms with E-state index >= 15 is 0 Å². The Morgan fingerprint density at radius 3 is 2.50 bits per heavy atom. The molecule has 0 bridgehead atoms. The van der Waals surface area contributed by atoms with Gasteiger partial charge >= 0.3 is 0 Å². The summed E-state index contributed by atoms with van der Waals surface area (Å²) in [6, 6.07) is 4.54. The van der Waals surface area contributed by atoms with Crippen LogP contribution in [0, 0.1) is 24.4 Å². The van der Waals surface area contributed by atoms with Crippen molar-refractivity contribution in [2.24, 2.45) is 0 Å². The first kappa shape index (κ1) is 16.2. The molecule has 0 spiro atoms. The molecule has 0 unspecified atom stereocenters. The highest BCUT2D eigenvalue weighted by Crippen LogP contribution is 2.31. The highest BCUT2D eigenvalue weighted by Gasteiger charge is 2.20. The molecule has 22 heavy (non-hydrogen) atoms. The predicted molar refractivity (Wildman–Crippen MR) is 77.0 cm³/mol. The number of ether oxygens (including phenoxy) is 1. The van der Waals surface area contributed by atoms with Crippen molar-refractivity contribution in [3.63, 3.8) is 0 Å². The fraction of sp³-hybridized carbons (Fsp3) is 0.133. The second-order valence-corrected chi connectivity index (χ2v) is 4.89. The zero-order valence-corrected chi connectivity index (χ0v) is 12.4. The number of carbonyl (C=O) groups excluding carboxylic acids is 1. The molecule has 0 saturated heterocycles. The van der Waals surface area contributed by atoms with Crippen LogP contribution in [0.25, 0.3) is 0 Å². The number of aryl methyl sites for hydroxylation is 1.